The van der Waals surface area contributed by atoms with Crippen LogP contribution >= 0.6 is 11.6 Å². The van der Waals surface area contributed by atoms with Crippen molar-refractivity contribution in [1.82, 2.24) is 15.1 Å². The summed E-state index contributed by atoms with van der Waals surface area (Å²) in [6.45, 7) is 8.14. The average molecular weight is 409 g/mol. The number of piperazine rings is 1. The minimum atomic E-state index is -0.0693. The smallest absolute Gasteiger partial charge is 0.238 e. The van der Waals surface area contributed by atoms with Gasteiger partial charge in [-0.3, -0.25) is 19.4 Å². The maximum atomic E-state index is 12.2. The van der Waals surface area contributed by atoms with Crippen molar-refractivity contribution >= 4 is 29.1 Å². The average Bonchev–Trinajstić information content (AvgIpc) is 2.65. The van der Waals surface area contributed by atoms with E-state index < -0.39 is 0 Å². The van der Waals surface area contributed by atoms with E-state index in [9.17, 15) is 9.59 Å². The normalized spacial score (nSPS) is 16.5. The SMILES string of the molecule is CCCCC[C@@H](C)NC(=O)CN1CCN(CC(=O)Nc2ccccc2Cl)CC1. The zero-order valence-corrected chi connectivity index (χ0v) is 17.8. The number of nitrogens with one attached hydrogen (secondary N) is 2. The first-order valence-corrected chi connectivity index (χ1v) is 10.6. The van der Waals surface area contributed by atoms with Gasteiger partial charge in [0.2, 0.25) is 11.8 Å². The van der Waals surface area contributed by atoms with Crippen LogP contribution in [0.1, 0.15) is 39.5 Å². The van der Waals surface area contributed by atoms with Gasteiger partial charge in [-0.15, -0.1) is 0 Å². The monoisotopic (exact) mass is 408 g/mol. The van der Waals surface area contributed by atoms with Crippen LogP contribution in [0.2, 0.25) is 5.02 Å². The zero-order chi connectivity index (χ0) is 20.4. The Morgan fingerprint density at radius 1 is 1.04 bits per heavy atom. The number of amides is 2. The fourth-order valence-corrected chi connectivity index (χ4v) is 3.54. The van der Waals surface area contributed by atoms with Crippen molar-refractivity contribution in [3.8, 4) is 0 Å². The van der Waals surface area contributed by atoms with E-state index >= 15 is 0 Å². The van der Waals surface area contributed by atoms with Gasteiger partial charge in [0.05, 0.1) is 23.8 Å². The van der Waals surface area contributed by atoms with E-state index in [1.54, 1.807) is 12.1 Å². The van der Waals surface area contributed by atoms with Crippen LogP contribution in [0.15, 0.2) is 24.3 Å². The summed E-state index contributed by atoms with van der Waals surface area (Å²) in [6, 6.07) is 7.45. The summed E-state index contributed by atoms with van der Waals surface area (Å²) in [5, 5.41) is 6.48. The molecule has 0 aliphatic carbocycles. The van der Waals surface area contributed by atoms with Crippen molar-refractivity contribution in [2.45, 2.75) is 45.6 Å². The Morgan fingerprint density at radius 3 is 2.25 bits per heavy atom. The van der Waals surface area contributed by atoms with Gasteiger partial charge in [-0.25, -0.2) is 0 Å². The van der Waals surface area contributed by atoms with Gasteiger partial charge in [0, 0.05) is 32.2 Å². The number of hydrogen-bond acceptors (Lipinski definition) is 4. The highest BCUT2D eigenvalue weighted by molar-refractivity contribution is 6.33. The minimum Gasteiger partial charge on any atom is -0.353 e. The number of hydrogen-bond donors (Lipinski definition) is 2. The lowest BCUT2D eigenvalue weighted by Crippen LogP contribution is -2.51. The molecule has 0 unspecified atom stereocenters. The van der Waals surface area contributed by atoms with Gasteiger partial charge in [-0.2, -0.15) is 0 Å². The van der Waals surface area contributed by atoms with Crippen LogP contribution in [0.3, 0.4) is 0 Å². The summed E-state index contributed by atoms with van der Waals surface area (Å²) in [5.41, 5.74) is 0.637. The molecule has 1 aromatic carbocycles. The Hall–Kier alpha value is -1.63. The maximum Gasteiger partial charge on any atom is 0.238 e. The second kappa shape index (κ2) is 12.0. The van der Waals surface area contributed by atoms with Crippen LogP contribution < -0.4 is 10.6 Å². The van der Waals surface area contributed by atoms with Crippen molar-refractivity contribution in [2.75, 3.05) is 44.6 Å². The molecule has 2 rings (SSSR count). The first kappa shape index (κ1) is 22.7. The first-order valence-electron chi connectivity index (χ1n) is 10.3. The molecule has 1 atom stereocenters. The van der Waals surface area contributed by atoms with E-state index in [1.165, 1.54) is 12.8 Å². The highest BCUT2D eigenvalue weighted by atomic mass is 35.5. The van der Waals surface area contributed by atoms with E-state index in [-0.39, 0.29) is 17.9 Å². The lowest BCUT2D eigenvalue weighted by atomic mass is 10.1. The molecule has 1 aromatic rings. The summed E-state index contributed by atoms with van der Waals surface area (Å²) in [5.74, 6) is 0.0223. The number of benzene rings is 1. The highest BCUT2D eigenvalue weighted by Crippen LogP contribution is 2.20. The fraction of sp³-hybridized carbons (Fsp3) is 0.619. The van der Waals surface area contributed by atoms with Crippen molar-refractivity contribution in [3.63, 3.8) is 0 Å². The number of anilines is 1. The number of rotatable bonds is 10. The summed E-state index contributed by atoms with van der Waals surface area (Å²) >= 11 is 6.08. The molecular formula is C21H33ClN4O2. The minimum absolute atomic E-state index is 0.0693. The van der Waals surface area contributed by atoms with Crippen LogP contribution in [0, 0.1) is 0 Å². The van der Waals surface area contributed by atoms with Crippen LogP contribution in [-0.2, 0) is 9.59 Å². The molecule has 6 nitrogen and oxygen atoms in total. The quantitative estimate of drug-likeness (QED) is 0.584. The Balaban J connectivity index is 1.64. The Labute approximate surface area is 173 Å². The van der Waals surface area contributed by atoms with Crippen molar-refractivity contribution in [2.24, 2.45) is 0 Å². The molecule has 0 saturated carbocycles. The molecular weight excluding hydrogens is 376 g/mol. The number of unbranched alkanes of at least 4 members (excludes halogenated alkanes) is 2. The summed E-state index contributed by atoms with van der Waals surface area (Å²) in [4.78, 5) is 28.7. The fourth-order valence-electron chi connectivity index (χ4n) is 3.36. The molecule has 1 aliphatic rings. The number of nitrogens with zero attached hydrogens (tertiary/aromatic N) is 2. The molecule has 2 amide bonds. The molecule has 28 heavy (non-hydrogen) atoms. The van der Waals surface area contributed by atoms with Crippen LogP contribution in [0.25, 0.3) is 0 Å². The molecule has 156 valence electrons. The predicted octanol–water partition coefficient (Wildman–Crippen LogP) is 2.98. The number of halogens is 1. The molecule has 0 aromatic heterocycles. The summed E-state index contributed by atoms with van der Waals surface area (Å²) in [7, 11) is 0. The molecule has 1 saturated heterocycles. The summed E-state index contributed by atoms with van der Waals surface area (Å²) < 4.78 is 0. The van der Waals surface area contributed by atoms with Crippen LogP contribution in [0.5, 0.6) is 0 Å². The molecule has 0 spiro atoms. The number of para-hydroxylation sites is 1. The molecule has 1 heterocycles. The molecule has 1 aliphatic heterocycles. The second-order valence-electron chi connectivity index (χ2n) is 7.54. The Bertz CT molecular complexity index is 633. The summed E-state index contributed by atoms with van der Waals surface area (Å²) in [6.07, 6.45) is 4.61. The third kappa shape index (κ3) is 8.17. The number of carbonyl (C=O) groups excluding carboxylic acids is 2. The van der Waals surface area contributed by atoms with E-state index in [4.69, 9.17) is 11.6 Å². The van der Waals surface area contributed by atoms with Crippen LogP contribution in [0.4, 0.5) is 5.69 Å². The predicted molar refractivity (Wildman–Crippen MR) is 115 cm³/mol. The van der Waals surface area contributed by atoms with Crippen molar-refractivity contribution < 1.29 is 9.59 Å². The van der Waals surface area contributed by atoms with Gasteiger partial charge in [0.15, 0.2) is 0 Å². The van der Waals surface area contributed by atoms with E-state index in [1.807, 2.05) is 12.1 Å². The highest BCUT2D eigenvalue weighted by Gasteiger charge is 2.21. The maximum absolute atomic E-state index is 12.2. The zero-order valence-electron chi connectivity index (χ0n) is 17.0. The van der Waals surface area contributed by atoms with Gasteiger partial charge < -0.3 is 10.6 Å². The first-order chi connectivity index (χ1) is 13.5. The van der Waals surface area contributed by atoms with E-state index in [2.05, 4.69) is 34.3 Å². The van der Waals surface area contributed by atoms with E-state index in [0.717, 1.165) is 39.0 Å². The second-order valence-corrected chi connectivity index (χ2v) is 7.95. The molecule has 0 radical (unpaired) electrons. The lowest BCUT2D eigenvalue weighted by molar-refractivity contribution is -0.124. The van der Waals surface area contributed by atoms with Gasteiger partial charge >= 0.3 is 0 Å². The molecule has 0 bridgehead atoms. The third-order valence-corrected chi connectivity index (χ3v) is 5.32. The van der Waals surface area contributed by atoms with E-state index in [0.29, 0.717) is 23.8 Å². The largest absolute Gasteiger partial charge is 0.353 e. The lowest BCUT2D eigenvalue weighted by Gasteiger charge is -2.34. The van der Waals surface area contributed by atoms with Crippen molar-refractivity contribution in [1.29, 1.82) is 0 Å². The van der Waals surface area contributed by atoms with Gasteiger partial charge in [-0.1, -0.05) is 49.9 Å². The van der Waals surface area contributed by atoms with Crippen LogP contribution in [-0.4, -0.2) is 66.9 Å². The Morgan fingerprint density at radius 2 is 1.64 bits per heavy atom. The van der Waals surface area contributed by atoms with Crippen molar-refractivity contribution in [3.05, 3.63) is 29.3 Å². The Kier molecular flexibility index (Phi) is 9.75. The van der Waals surface area contributed by atoms with Gasteiger partial charge in [0.25, 0.3) is 0 Å². The molecule has 2 N–H and O–H groups in total. The third-order valence-electron chi connectivity index (χ3n) is 5.00. The topological polar surface area (TPSA) is 64.7 Å². The standard InChI is InChI=1S/C21H33ClN4O2/c1-3-4-5-8-17(2)23-20(27)15-25-11-13-26(14-12-25)16-21(28)24-19-10-7-6-9-18(19)22/h6-7,9-10,17H,3-5,8,11-16H2,1-2H3,(H,23,27)(H,24,28)/t17-/m1/s1. The molecule has 7 heteroatoms. The van der Waals surface area contributed by atoms with Gasteiger partial charge in [-0.05, 0) is 25.5 Å². The number of carbonyl (C=O) groups is 2. The van der Waals surface area contributed by atoms with Gasteiger partial charge in [0.1, 0.15) is 0 Å². The molecule has 1 fully saturated rings.